The molecule has 2 rings (SSSR count). The second kappa shape index (κ2) is 10.00. The van der Waals surface area contributed by atoms with Gasteiger partial charge in [-0.3, -0.25) is 4.79 Å². The molecule has 1 amide bonds. The molecule has 1 N–H and O–H groups in total. The van der Waals surface area contributed by atoms with Crippen LogP contribution < -0.4 is 10.1 Å². The van der Waals surface area contributed by atoms with Gasteiger partial charge in [0.25, 0.3) is 5.91 Å². The van der Waals surface area contributed by atoms with Crippen molar-refractivity contribution in [1.29, 1.82) is 0 Å². The van der Waals surface area contributed by atoms with E-state index in [9.17, 15) is 9.59 Å². The van der Waals surface area contributed by atoms with Gasteiger partial charge in [0.05, 0.1) is 11.7 Å². The van der Waals surface area contributed by atoms with E-state index in [1.807, 2.05) is 13.8 Å². The molecule has 1 aliphatic carbocycles. The third-order valence-corrected chi connectivity index (χ3v) is 4.25. The number of ether oxygens (including phenoxy) is 2. The van der Waals surface area contributed by atoms with Crippen molar-refractivity contribution in [3.05, 3.63) is 41.5 Å². The molecule has 0 spiro atoms. The number of carbonyl (C=O) groups is 2. The Morgan fingerprint density at radius 3 is 2.46 bits per heavy atom. The molecule has 1 aliphatic rings. The highest BCUT2D eigenvalue weighted by molar-refractivity contribution is 5.92. The van der Waals surface area contributed by atoms with Crippen molar-refractivity contribution in [2.75, 3.05) is 6.54 Å². The standard InChI is InChI=1S/C21H29NO4/c1-15(2)25-19-11-9-18(10-12-19)21(24)26-16(3)20(23)22-14-13-17-7-5-4-6-8-17/h7,9-12,15-16H,4-6,8,13-14H2,1-3H3,(H,22,23)/t16-/m1/s1. The van der Waals surface area contributed by atoms with Crippen molar-refractivity contribution in [3.63, 3.8) is 0 Å². The number of esters is 1. The van der Waals surface area contributed by atoms with Gasteiger partial charge in [0, 0.05) is 6.54 Å². The maximum absolute atomic E-state index is 12.2. The fourth-order valence-corrected chi connectivity index (χ4v) is 2.85. The zero-order chi connectivity index (χ0) is 18.9. The second-order valence-corrected chi connectivity index (χ2v) is 6.89. The Hall–Kier alpha value is -2.30. The number of amides is 1. The predicted octanol–water partition coefficient (Wildman–Crippen LogP) is 4.03. The maximum atomic E-state index is 12.2. The summed E-state index contributed by atoms with van der Waals surface area (Å²) in [5, 5.41) is 2.84. The molecule has 1 atom stereocenters. The molecule has 5 nitrogen and oxygen atoms in total. The third-order valence-electron chi connectivity index (χ3n) is 4.25. The molecule has 0 saturated heterocycles. The van der Waals surface area contributed by atoms with E-state index in [2.05, 4.69) is 11.4 Å². The Balaban J connectivity index is 1.76. The van der Waals surface area contributed by atoms with Crippen molar-refractivity contribution >= 4 is 11.9 Å². The lowest BCUT2D eigenvalue weighted by molar-refractivity contribution is -0.129. The first kappa shape index (κ1) is 20.0. The highest BCUT2D eigenvalue weighted by Gasteiger charge is 2.18. The van der Waals surface area contributed by atoms with Crippen molar-refractivity contribution in [2.24, 2.45) is 0 Å². The predicted molar refractivity (Wildman–Crippen MR) is 101 cm³/mol. The van der Waals surface area contributed by atoms with Gasteiger partial charge in [-0.15, -0.1) is 0 Å². The van der Waals surface area contributed by atoms with Crippen LogP contribution in [0.1, 0.15) is 63.2 Å². The number of allylic oxidation sites excluding steroid dienone is 1. The highest BCUT2D eigenvalue weighted by atomic mass is 16.5. The summed E-state index contributed by atoms with van der Waals surface area (Å²) >= 11 is 0. The van der Waals surface area contributed by atoms with Crippen molar-refractivity contribution < 1.29 is 19.1 Å². The number of hydrogen-bond acceptors (Lipinski definition) is 4. The highest BCUT2D eigenvalue weighted by Crippen LogP contribution is 2.19. The average Bonchev–Trinajstić information content (AvgIpc) is 2.62. The molecule has 0 fully saturated rings. The van der Waals surface area contributed by atoms with Gasteiger partial charge in [0.15, 0.2) is 6.10 Å². The van der Waals surface area contributed by atoms with Crippen LogP contribution in [-0.2, 0) is 9.53 Å². The lowest BCUT2D eigenvalue weighted by atomic mass is 9.97. The Labute approximate surface area is 155 Å². The van der Waals surface area contributed by atoms with E-state index >= 15 is 0 Å². The van der Waals surface area contributed by atoms with Gasteiger partial charge in [-0.2, -0.15) is 0 Å². The number of hydrogen-bond donors (Lipinski definition) is 1. The number of nitrogens with one attached hydrogen (secondary N) is 1. The molecule has 0 saturated carbocycles. The zero-order valence-electron chi connectivity index (χ0n) is 15.9. The summed E-state index contributed by atoms with van der Waals surface area (Å²) in [7, 11) is 0. The molecular weight excluding hydrogens is 330 g/mol. The quantitative estimate of drug-likeness (QED) is 0.562. The first-order valence-corrected chi connectivity index (χ1v) is 9.39. The van der Waals surface area contributed by atoms with E-state index in [1.165, 1.54) is 18.4 Å². The summed E-state index contributed by atoms with van der Waals surface area (Å²) in [5.74, 6) is -0.0902. The van der Waals surface area contributed by atoms with E-state index in [-0.39, 0.29) is 12.0 Å². The molecule has 0 aliphatic heterocycles. The Morgan fingerprint density at radius 2 is 1.85 bits per heavy atom. The van der Waals surface area contributed by atoms with Crippen LogP contribution in [0.4, 0.5) is 0 Å². The van der Waals surface area contributed by atoms with Gasteiger partial charge in [0.1, 0.15) is 5.75 Å². The Bertz CT molecular complexity index is 634. The van der Waals surface area contributed by atoms with Crippen LogP contribution in [-0.4, -0.2) is 30.6 Å². The number of carbonyl (C=O) groups excluding carboxylic acids is 2. The molecule has 142 valence electrons. The first-order chi connectivity index (χ1) is 12.5. The number of rotatable bonds is 8. The summed E-state index contributed by atoms with van der Waals surface area (Å²) in [6.45, 7) is 6.04. The van der Waals surface area contributed by atoms with Crippen LogP contribution in [0.2, 0.25) is 0 Å². The largest absolute Gasteiger partial charge is 0.491 e. The van der Waals surface area contributed by atoms with Gasteiger partial charge in [-0.05, 0) is 77.1 Å². The van der Waals surface area contributed by atoms with Gasteiger partial charge >= 0.3 is 5.97 Å². The minimum atomic E-state index is -0.825. The van der Waals surface area contributed by atoms with Crippen molar-refractivity contribution in [1.82, 2.24) is 5.32 Å². The van der Waals surface area contributed by atoms with E-state index in [1.54, 1.807) is 31.2 Å². The van der Waals surface area contributed by atoms with Gasteiger partial charge in [-0.1, -0.05) is 11.6 Å². The summed E-state index contributed by atoms with van der Waals surface area (Å²) in [4.78, 5) is 24.3. The van der Waals surface area contributed by atoms with Crippen LogP contribution in [0.3, 0.4) is 0 Å². The Kier molecular flexibility index (Phi) is 7.70. The fraction of sp³-hybridized carbons (Fsp3) is 0.524. The molecule has 0 radical (unpaired) electrons. The van der Waals surface area contributed by atoms with Gasteiger partial charge in [0.2, 0.25) is 0 Å². The molecule has 0 unspecified atom stereocenters. The lowest BCUT2D eigenvalue weighted by Gasteiger charge is -2.16. The smallest absolute Gasteiger partial charge is 0.338 e. The minimum absolute atomic E-state index is 0.0703. The number of benzene rings is 1. The van der Waals surface area contributed by atoms with Crippen molar-refractivity contribution in [2.45, 2.75) is 65.1 Å². The van der Waals surface area contributed by atoms with Crippen LogP contribution >= 0.6 is 0 Å². The van der Waals surface area contributed by atoms with E-state index < -0.39 is 12.1 Å². The van der Waals surface area contributed by atoms with Crippen LogP contribution in [0, 0.1) is 0 Å². The molecule has 0 heterocycles. The summed E-state index contributed by atoms with van der Waals surface area (Å²) < 4.78 is 10.8. The second-order valence-electron chi connectivity index (χ2n) is 6.89. The molecule has 1 aromatic rings. The minimum Gasteiger partial charge on any atom is -0.491 e. The normalized spacial score (nSPS) is 15.2. The molecule has 5 heteroatoms. The van der Waals surface area contributed by atoms with E-state index in [0.29, 0.717) is 17.9 Å². The fourth-order valence-electron chi connectivity index (χ4n) is 2.85. The molecular formula is C21H29NO4. The van der Waals surface area contributed by atoms with Crippen molar-refractivity contribution in [3.8, 4) is 5.75 Å². The lowest BCUT2D eigenvalue weighted by Crippen LogP contribution is -2.36. The Morgan fingerprint density at radius 1 is 1.12 bits per heavy atom. The summed E-state index contributed by atoms with van der Waals surface area (Å²) in [6, 6.07) is 6.72. The molecule has 0 aromatic heterocycles. The van der Waals surface area contributed by atoms with Gasteiger partial charge < -0.3 is 14.8 Å². The zero-order valence-corrected chi connectivity index (χ0v) is 15.9. The monoisotopic (exact) mass is 359 g/mol. The van der Waals surface area contributed by atoms with Crippen LogP contribution in [0.15, 0.2) is 35.9 Å². The van der Waals surface area contributed by atoms with E-state index in [0.717, 1.165) is 19.3 Å². The summed E-state index contributed by atoms with van der Waals surface area (Å²) in [5.41, 5.74) is 1.80. The topological polar surface area (TPSA) is 64.6 Å². The average molecular weight is 359 g/mol. The van der Waals surface area contributed by atoms with Crippen LogP contribution in [0.5, 0.6) is 5.75 Å². The first-order valence-electron chi connectivity index (χ1n) is 9.39. The van der Waals surface area contributed by atoms with Gasteiger partial charge in [-0.25, -0.2) is 4.79 Å². The van der Waals surface area contributed by atoms with E-state index in [4.69, 9.17) is 9.47 Å². The maximum Gasteiger partial charge on any atom is 0.338 e. The SMILES string of the molecule is CC(C)Oc1ccc(C(=O)O[C@H](C)C(=O)NCCC2=CCCCC2)cc1. The molecule has 0 bridgehead atoms. The molecule has 1 aromatic carbocycles. The summed E-state index contributed by atoms with van der Waals surface area (Å²) in [6.07, 6.45) is 7.13. The third kappa shape index (κ3) is 6.54. The van der Waals surface area contributed by atoms with Crippen LogP contribution in [0.25, 0.3) is 0 Å². The molecule has 26 heavy (non-hydrogen) atoms.